The zero-order valence-electron chi connectivity index (χ0n) is 9.70. The SMILES string of the molecule is S=c1c2cn[nH]c2nc2scc(-c3ccccc3)n12. The number of H-pyrrole nitrogens is 1. The van der Waals surface area contributed by atoms with Gasteiger partial charge >= 0.3 is 0 Å². The van der Waals surface area contributed by atoms with Crippen LogP contribution in [-0.2, 0) is 0 Å². The first kappa shape index (κ1) is 10.8. The number of nitrogens with one attached hydrogen (secondary N) is 1. The van der Waals surface area contributed by atoms with Gasteiger partial charge in [0, 0.05) is 5.38 Å². The van der Waals surface area contributed by atoms with Crippen LogP contribution in [0.5, 0.6) is 0 Å². The minimum absolute atomic E-state index is 0.742. The predicted octanol–water partition coefficient (Wildman–Crippen LogP) is 3.67. The van der Waals surface area contributed by atoms with Gasteiger partial charge in [-0.15, -0.1) is 11.3 Å². The van der Waals surface area contributed by atoms with Crippen LogP contribution in [0.2, 0.25) is 0 Å². The molecule has 0 aliphatic heterocycles. The molecule has 0 aliphatic carbocycles. The minimum atomic E-state index is 0.742. The molecule has 3 aromatic heterocycles. The number of benzene rings is 1. The predicted molar refractivity (Wildman–Crippen MR) is 79.0 cm³/mol. The van der Waals surface area contributed by atoms with E-state index in [0.717, 1.165) is 31.9 Å². The molecule has 0 aliphatic rings. The second-order valence-corrected chi connectivity index (χ2v) is 5.38. The second kappa shape index (κ2) is 3.97. The van der Waals surface area contributed by atoms with E-state index >= 15 is 0 Å². The van der Waals surface area contributed by atoms with E-state index in [2.05, 4.69) is 32.7 Å². The van der Waals surface area contributed by atoms with Crippen LogP contribution in [0.15, 0.2) is 41.9 Å². The number of thiazole rings is 1. The van der Waals surface area contributed by atoms with Gasteiger partial charge in [0.05, 0.1) is 17.3 Å². The molecule has 0 atom stereocenters. The van der Waals surface area contributed by atoms with Crippen molar-refractivity contribution in [2.75, 3.05) is 0 Å². The highest BCUT2D eigenvalue weighted by molar-refractivity contribution is 7.71. The molecule has 1 aromatic carbocycles. The quantitative estimate of drug-likeness (QED) is 0.542. The second-order valence-electron chi connectivity index (χ2n) is 4.15. The Morgan fingerprint density at radius 2 is 2.05 bits per heavy atom. The lowest BCUT2D eigenvalue weighted by Gasteiger charge is -2.02. The Hall–Kier alpha value is -2.05. The lowest BCUT2D eigenvalue weighted by molar-refractivity contribution is 1.09. The summed E-state index contributed by atoms with van der Waals surface area (Å²) >= 11 is 7.14. The van der Waals surface area contributed by atoms with Crippen molar-refractivity contribution in [2.45, 2.75) is 0 Å². The summed E-state index contributed by atoms with van der Waals surface area (Å²) in [5, 5.41) is 9.83. The topological polar surface area (TPSA) is 46.0 Å². The number of hydrogen-bond acceptors (Lipinski definition) is 4. The molecule has 3 heterocycles. The van der Waals surface area contributed by atoms with Crippen molar-refractivity contribution in [1.82, 2.24) is 19.6 Å². The van der Waals surface area contributed by atoms with E-state index in [-0.39, 0.29) is 0 Å². The standard InChI is InChI=1S/C13H8N4S2/c18-12-9-6-14-16-11(9)15-13-17(12)10(7-19-13)8-4-2-1-3-5-8/h1-7H,(H,14,16). The maximum atomic E-state index is 5.56. The number of rotatable bonds is 1. The van der Waals surface area contributed by atoms with E-state index in [9.17, 15) is 0 Å². The maximum absolute atomic E-state index is 5.56. The Balaban J connectivity index is 2.16. The van der Waals surface area contributed by atoms with Gasteiger partial charge in [-0.25, -0.2) is 4.98 Å². The van der Waals surface area contributed by atoms with E-state index in [4.69, 9.17) is 12.2 Å². The summed E-state index contributed by atoms with van der Waals surface area (Å²) in [6.07, 6.45) is 1.73. The Bertz CT molecular complexity index is 934. The van der Waals surface area contributed by atoms with Crippen LogP contribution in [-0.4, -0.2) is 19.6 Å². The molecule has 1 N–H and O–H groups in total. The lowest BCUT2D eigenvalue weighted by Crippen LogP contribution is -1.93. The first-order chi connectivity index (χ1) is 9.34. The fourth-order valence-corrected chi connectivity index (χ4v) is 3.42. The summed E-state index contributed by atoms with van der Waals surface area (Å²) in [5.74, 6) is 0. The average Bonchev–Trinajstić information content (AvgIpc) is 3.06. The van der Waals surface area contributed by atoms with Gasteiger partial charge in [0.2, 0.25) is 0 Å². The Morgan fingerprint density at radius 1 is 1.21 bits per heavy atom. The average molecular weight is 284 g/mol. The molecule has 4 aromatic rings. The molecule has 0 fully saturated rings. The summed E-state index contributed by atoms with van der Waals surface area (Å²) in [4.78, 5) is 5.42. The van der Waals surface area contributed by atoms with Crippen LogP contribution in [0.4, 0.5) is 0 Å². The molecule has 0 saturated heterocycles. The third-order valence-electron chi connectivity index (χ3n) is 3.04. The lowest BCUT2D eigenvalue weighted by atomic mass is 10.2. The van der Waals surface area contributed by atoms with Gasteiger partial charge in [0.1, 0.15) is 4.64 Å². The molecule has 0 radical (unpaired) electrons. The Labute approximate surface area is 117 Å². The fraction of sp³-hybridized carbons (Fsp3) is 0. The third-order valence-corrected chi connectivity index (χ3v) is 4.27. The van der Waals surface area contributed by atoms with Gasteiger partial charge in [0.15, 0.2) is 10.6 Å². The van der Waals surface area contributed by atoms with Crippen molar-refractivity contribution >= 4 is 39.5 Å². The van der Waals surface area contributed by atoms with Gasteiger partial charge in [-0.3, -0.25) is 9.50 Å². The molecule has 4 nitrogen and oxygen atoms in total. The zero-order chi connectivity index (χ0) is 12.8. The summed E-state index contributed by atoms with van der Waals surface area (Å²) in [7, 11) is 0. The normalized spacial score (nSPS) is 11.4. The molecule has 4 rings (SSSR count). The van der Waals surface area contributed by atoms with Crippen molar-refractivity contribution in [3.63, 3.8) is 0 Å². The summed E-state index contributed by atoms with van der Waals surface area (Å²) in [6, 6.07) is 10.2. The highest BCUT2D eigenvalue weighted by Gasteiger charge is 2.10. The van der Waals surface area contributed by atoms with Gasteiger partial charge in [0.25, 0.3) is 0 Å². The highest BCUT2D eigenvalue weighted by atomic mass is 32.1. The van der Waals surface area contributed by atoms with Crippen molar-refractivity contribution in [1.29, 1.82) is 0 Å². The van der Waals surface area contributed by atoms with E-state index in [1.165, 1.54) is 0 Å². The number of aromatic nitrogens is 4. The van der Waals surface area contributed by atoms with Crippen LogP contribution in [0, 0.1) is 4.64 Å². The fourth-order valence-electron chi connectivity index (χ4n) is 2.13. The molecule has 0 bridgehead atoms. The van der Waals surface area contributed by atoms with Crippen LogP contribution >= 0.6 is 23.6 Å². The molecular weight excluding hydrogens is 276 g/mol. The van der Waals surface area contributed by atoms with E-state index < -0.39 is 0 Å². The van der Waals surface area contributed by atoms with Crippen molar-refractivity contribution < 1.29 is 0 Å². The van der Waals surface area contributed by atoms with Gasteiger partial charge in [-0.1, -0.05) is 42.5 Å². The monoisotopic (exact) mass is 284 g/mol. The number of hydrogen-bond donors (Lipinski definition) is 1. The Kier molecular flexibility index (Phi) is 2.27. The molecule has 0 unspecified atom stereocenters. The van der Waals surface area contributed by atoms with Crippen LogP contribution in [0.25, 0.3) is 27.3 Å². The maximum Gasteiger partial charge on any atom is 0.197 e. The molecule has 0 spiro atoms. The van der Waals surface area contributed by atoms with E-state index in [1.807, 2.05) is 22.6 Å². The van der Waals surface area contributed by atoms with Crippen LogP contribution in [0.1, 0.15) is 0 Å². The highest BCUT2D eigenvalue weighted by Crippen LogP contribution is 2.27. The number of fused-ring (bicyclic) bond motifs is 2. The van der Waals surface area contributed by atoms with Crippen molar-refractivity contribution in [2.24, 2.45) is 0 Å². The van der Waals surface area contributed by atoms with E-state index in [1.54, 1.807) is 17.5 Å². The van der Waals surface area contributed by atoms with Gasteiger partial charge < -0.3 is 0 Å². The Morgan fingerprint density at radius 3 is 2.89 bits per heavy atom. The molecule has 0 amide bonds. The van der Waals surface area contributed by atoms with Gasteiger partial charge in [-0.2, -0.15) is 5.10 Å². The van der Waals surface area contributed by atoms with Crippen LogP contribution < -0.4 is 0 Å². The van der Waals surface area contributed by atoms with Crippen LogP contribution in [0.3, 0.4) is 0 Å². The minimum Gasteiger partial charge on any atom is -0.274 e. The summed E-state index contributed by atoms with van der Waals surface area (Å²) in [5.41, 5.74) is 2.95. The number of nitrogens with zero attached hydrogens (tertiary/aromatic N) is 3. The number of aromatic amines is 1. The zero-order valence-corrected chi connectivity index (χ0v) is 11.3. The van der Waals surface area contributed by atoms with E-state index in [0.29, 0.717) is 0 Å². The van der Waals surface area contributed by atoms with Crippen molar-refractivity contribution in [3.05, 3.63) is 46.5 Å². The smallest absolute Gasteiger partial charge is 0.197 e. The summed E-state index contributed by atoms with van der Waals surface area (Å²) < 4.78 is 2.75. The van der Waals surface area contributed by atoms with Crippen molar-refractivity contribution in [3.8, 4) is 11.3 Å². The van der Waals surface area contributed by atoms with Gasteiger partial charge in [-0.05, 0) is 5.56 Å². The largest absolute Gasteiger partial charge is 0.274 e. The molecule has 0 saturated carbocycles. The molecular formula is C13H8N4S2. The molecule has 19 heavy (non-hydrogen) atoms. The first-order valence-electron chi connectivity index (χ1n) is 5.73. The first-order valence-corrected chi connectivity index (χ1v) is 7.02. The summed E-state index contributed by atoms with van der Waals surface area (Å²) in [6.45, 7) is 0. The molecule has 6 heteroatoms. The third kappa shape index (κ3) is 1.54. The molecule has 92 valence electrons.